The first-order valence-corrected chi connectivity index (χ1v) is 8.35. The molecule has 1 aromatic carbocycles. The minimum atomic E-state index is -0.477. The van der Waals surface area contributed by atoms with E-state index in [0.29, 0.717) is 12.5 Å². The number of hydrogen-bond donors (Lipinski definition) is 1. The molecule has 1 aliphatic carbocycles. The fourth-order valence-electron chi connectivity index (χ4n) is 3.54. The van der Waals surface area contributed by atoms with Gasteiger partial charge in [0, 0.05) is 12.1 Å². The van der Waals surface area contributed by atoms with Crippen molar-refractivity contribution in [2.75, 3.05) is 6.54 Å². The van der Waals surface area contributed by atoms with Crippen LogP contribution in [0.1, 0.15) is 57.4 Å². The average Bonchev–Trinajstić information content (AvgIpc) is 2.66. The van der Waals surface area contributed by atoms with Gasteiger partial charge >= 0.3 is 0 Å². The number of nitrogens with one attached hydrogen (secondary N) is 1. The van der Waals surface area contributed by atoms with Gasteiger partial charge in [0.25, 0.3) is 0 Å². The van der Waals surface area contributed by atoms with E-state index in [1.807, 2.05) is 0 Å². The first kappa shape index (κ1) is 16.4. The van der Waals surface area contributed by atoms with Crippen molar-refractivity contribution < 1.29 is 8.78 Å². The Morgan fingerprint density at radius 2 is 1.67 bits per heavy atom. The molecule has 0 radical (unpaired) electrons. The van der Waals surface area contributed by atoms with Crippen molar-refractivity contribution in [1.82, 2.24) is 5.32 Å². The summed E-state index contributed by atoms with van der Waals surface area (Å²) in [5.74, 6) is -0.195. The van der Waals surface area contributed by atoms with E-state index in [1.54, 1.807) is 0 Å². The molecule has 1 aliphatic rings. The smallest absolute Gasteiger partial charge is 0.126 e. The molecule has 3 heteroatoms. The van der Waals surface area contributed by atoms with Crippen LogP contribution < -0.4 is 5.32 Å². The second-order valence-electron chi connectivity index (χ2n) is 6.33. The van der Waals surface area contributed by atoms with Crippen LogP contribution in [0.2, 0.25) is 0 Å². The average molecular weight is 295 g/mol. The summed E-state index contributed by atoms with van der Waals surface area (Å²) in [6, 6.07) is 4.18. The third kappa shape index (κ3) is 5.74. The molecule has 118 valence electrons. The lowest BCUT2D eigenvalue weighted by atomic mass is 9.90. The highest BCUT2D eigenvalue weighted by Crippen LogP contribution is 2.27. The Bertz CT molecular complexity index is 405. The summed E-state index contributed by atoms with van der Waals surface area (Å²) in [5.41, 5.74) is 0.757. The van der Waals surface area contributed by atoms with E-state index in [1.165, 1.54) is 50.7 Å². The fourth-order valence-corrected chi connectivity index (χ4v) is 3.54. The van der Waals surface area contributed by atoms with Gasteiger partial charge in [-0.1, -0.05) is 45.4 Å². The fraction of sp³-hybridized carbons (Fsp3) is 0.667. The van der Waals surface area contributed by atoms with Crippen LogP contribution in [0.4, 0.5) is 8.78 Å². The topological polar surface area (TPSA) is 12.0 Å². The second-order valence-corrected chi connectivity index (χ2v) is 6.33. The summed E-state index contributed by atoms with van der Waals surface area (Å²) in [7, 11) is 0. The lowest BCUT2D eigenvalue weighted by Gasteiger charge is -2.23. The van der Waals surface area contributed by atoms with Crippen LogP contribution in [0.5, 0.6) is 0 Å². The van der Waals surface area contributed by atoms with E-state index in [-0.39, 0.29) is 0 Å². The van der Waals surface area contributed by atoms with Crippen LogP contribution >= 0.6 is 0 Å². The molecular weight excluding hydrogens is 268 g/mol. The number of likely N-dealkylation sites (N-methyl/N-ethyl adjacent to an activating group) is 1. The number of benzene rings is 1. The Morgan fingerprint density at radius 1 is 1.05 bits per heavy atom. The van der Waals surface area contributed by atoms with Crippen molar-refractivity contribution in [3.8, 4) is 0 Å². The largest absolute Gasteiger partial charge is 0.314 e. The van der Waals surface area contributed by atoms with Crippen molar-refractivity contribution in [3.63, 3.8) is 0 Å². The second kappa shape index (κ2) is 8.47. The molecule has 0 saturated heterocycles. The van der Waals surface area contributed by atoms with Gasteiger partial charge in [0.1, 0.15) is 11.6 Å². The minimum absolute atomic E-state index is 0.319. The molecule has 0 aliphatic heterocycles. The first-order valence-electron chi connectivity index (χ1n) is 8.35. The minimum Gasteiger partial charge on any atom is -0.314 e. The Kier molecular flexibility index (Phi) is 6.62. The van der Waals surface area contributed by atoms with Gasteiger partial charge in [0.2, 0.25) is 0 Å². The summed E-state index contributed by atoms with van der Waals surface area (Å²) in [5, 5.41) is 3.49. The molecule has 0 heterocycles. The maximum absolute atomic E-state index is 13.3. The predicted molar refractivity (Wildman–Crippen MR) is 83.3 cm³/mol. The molecular formula is C18H27F2N. The molecule has 1 aromatic rings. The molecule has 0 spiro atoms. The van der Waals surface area contributed by atoms with Gasteiger partial charge in [-0.2, -0.15) is 0 Å². The third-order valence-electron chi connectivity index (χ3n) is 4.49. The van der Waals surface area contributed by atoms with Gasteiger partial charge in [-0.15, -0.1) is 0 Å². The van der Waals surface area contributed by atoms with E-state index in [2.05, 4.69) is 12.2 Å². The monoisotopic (exact) mass is 295 g/mol. The van der Waals surface area contributed by atoms with Crippen LogP contribution in [0, 0.1) is 17.6 Å². The molecule has 1 nitrogen and oxygen atoms in total. The highest BCUT2D eigenvalue weighted by Gasteiger charge is 2.18. The van der Waals surface area contributed by atoms with Gasteiger partial charge in [0.15, 0.2) is 0 Å². The molecule has 1 N–H and O–H groups in total. The summed E-state index contributed by atoms with van der Waals surface area (Å²) in [6.45, 7) is 2.99. The van der Waals surface area contributed by atoms with Crippen LogP contribution in [0.15, 0.2) is 18.2 Å². The van der Waals surface area contributed by atoms with Crippen molar-refractivity contribution in [1.29, 1.82) is 0 Å². The van der Waals surface area contributed by atoms with E-state index in [9.17, 15) is 8.78 Å². The van der Waals surface area contributed by atoms with Crippen LogP contribution in [-0.4, -0.2) is 12.6 Å². The summed E-state index contributed by atoms with van der Waals surface area (Å²) in [4.78, 5) is 0. The highest BCUT2D eigenvalue weighted by molar-refractivity contribution is 5.19. The Hall–Kier alpha value is -0.960. The SMILES string of the molecule is CCNC(Cc1cc(F)cc(F)c1)CC1CCCCCC1. The molecule has 0 bridgehead atoms. The zero-order valence-corrected chi connectivity index (χ0v) is 13.0. The van der Waals surface area contributed by atoms with Crippen LogP contribution in [0.25, 0.3) is 0 Å². The molecule has 1 fully saturated rings. The van der Waals surface area contributed by atoms with E-state index in [0.717, 1.165) is 30.5 Å². The summed E-state index contributed by atoms with van der Waals surface area (Å²) < 4.78 is 26.6. The van der Waals surface area contributed by atoms with Gasteiger partial charge in [-0.05, 0) is 43.0 Å². The van der Waals surface area contributed by atoms with Gasteiger partial charge in [-0.25, -0.2) is 8.78 Å². The number of halogens is 2. The van der Waals surface area contributed by atoms with E-state index >= 15 is 0 Å². The standard InChI is InChI=1S/C18H27F2N/c1-2-21-18(11-14-7-5-3-4-6-8-14)12-15-9-16(19)13-17(20)10-15/h9-10,13-14,18,21H,2-8,11-12H2,1H3. The zero-order chi connectivity index (χ0) is 15.1. The Balaban J connectivity index is 1.97. The Labute approximate surface area is 127 Å². The lowest BCUT2D eigenvalue weighted by molar-refractivity contribution is 0.352. The van der Waals surface area contributed by atoms with Crippen molar-refractivity contribution in [3.05, 3.63) is 35.4 Å². The maximum Gasteiger partial charge on any atom is 0.126 e. The zero-order valence-electron chi connectivity index (χ0n) is 13.0. The summed E-state index contributed by atoms with van der Waals surface area (Å²) >= 11 is 0. The lowest BCUT2D eigenvalue weighted by Crippen LogP contribution is -2.33. The number of hydrogen-bond acceptors (Lipinski definition) is 1. The van der Waals surface area contributed by atoms with E-state index < -0.39 is 11.6 Å². The molecule has 1 atom stereocenters. The molecule has 0 amide bonds. The van der Waals surface area contributed by atoms with Crippen LogP contribution in [-0.2, 0) is 6.42 Å². The molecule has 21 heavy (non-hydrogen) atoms. The Morgan fingerprint density at radius 3 is 2.24 bits per heavy atom. The van der Waals surface area contributed by atoms with Gasteiger partial charge in [0.05, 0.1) is 0 Å². The maximum atomic E-state index is 13.3. The quantitative estimate of drug-likeness (QED) is 0.740. The third-order valence-corrected chi connectivity index (χ3v) is 4.49. The predicted octanol–water partition coefficient (Wildman–Crippen LogP) is 4.85. The van der Waals surface area contributed by atoms with Gasteiger partial charge in [-0.3, -0.25) is 0 Å². The van der Waals surface area contributed by atoms with Gasteiger partial charge < -0.3 is 5.32 Å². The first-order chi connectivity index (χ1) is 10.2. The van der Waals surface area contributed by atoms with E-state index in [4.69, 9.17) is 0 Å². The molecule has 0 aromatic heterocycles. The van der Waals surface area contributed by atoms with Crippen molar-refractivity contribution >= 4 is 0 Å². The van der Waals surface area contributed by atoms with Crippen molar-refractivity contribution in [2.24, 2.45) is 5.92 Å². The van der Waals surface area contributed by atoms with Crippen LogP contribution in [0.3, 0.4) is 0 Å². The van der Waals surface area contributed by atoms with Crippen molar-refractivity contribution in [2.45, 2.75) is 64.3 Å². The normalized spacial score (nSPS) is 18.4. The molecule has 1 saturated carbocycles. The summed E-state index contributed by atoms with van der Waals surface area (Å²) in [6.07, 6.45) is 9.81. The highest BCUT2D eigenvalue weighted by atomic mass is 19.1. The molecule has 1 unspecified atom stereocenters. The number of rotatable bonds is 6. The molecule has 2 rings (SSSR count).